The Hall–Kier alpha value is -3.35. The topological polar surface area (TPSA) is 105 Å². The number of hydrogen-bond acceptors (Lipinski definition) is 4. The van der Waals surface area contributed by atoms with Crippen LogP contribution in [0.2, 0.25) is 0 Å². The third-order valence-electron chi connectivity index (χ3n) is 6.42. The summed E-state index contributed by atoms with van der Waals surface area (Å²) in [6.07, 6.45) is 5.21. The fourth-order valence-corrected chi connectivity index (χ4v) is 4.54. The molecule has 1 atom stereocenters. The van der Waals surface area contributed by atoms with Crippen LogP contribution in [-0.4, -0.2) is 42.3 Å². The van der Waals surface area contributed by atoms with Crippen molar-refractivity contribution >= 4 is 18.0 Å². The van der Waals surface area contributed by atoms with Gasteiger partial charge in [-0.15, -0.1) is 0 Å². The first-order valence-electron chi connectivity index (χ1n) is 12.6. The van der Waals surface area contributed by atoms with Crippen LogP contribution in [0.3, 0.4) is 0 Å². The number of unbranched alkanes of at least 4 members (excludes halogenated alkanes) is 4. The zero-order valence-corrected chi connectivity index (χ0v) is 20.4. The van der Waals surface area contributed by atoms with Crippen molar-refractivity contribution in [1.29, 1.82) is 0 Å². The molecule has 0 aliphatic heterocycles. The molecular formula is C28H36N2O5. The number of fused-ring (bicyclic) bond motifs is 3. The number of ether oxygens (including phenoxy) is 1. The van der Waals surface area contributed by atoms with Gasteiger partial charge in [0.2, 0.25) is 5.91 Å². The average molecular weight is 481 g/mol. The lowest BCUT2D eigenvalue weighted by molar-refractivity contribution is -0.142. The van der Waals surface area contributed by atoms with Crippen LogP contribution < -0.4 is 10.6 Å². The highest BCUT2D eigenvalue weighted by atomic mass is 16.5. The molecule has 1 unspecified atom stereocenters. The minimum Gasteiger partial charge on any atom is -0.480 e. The molecule has 0 saturated carbocycles. The van der Waals surface area contributed by atoms with Crippen LogP contribution in [0.25, 0.3) is 11.1 Å². The van der Waals surface area contributed by atoms with E-state index in [9.17, 15) is 19.5 Å². The van der Waals surface area contributed by atoms with Crippen LogP contribution >= 0.6 is 0 Å². The summed E-state index contributed by atoms with van der Waals surface area (Å²) in [5, 5.41) is 14.6. The Bertz CT molecular complexity index is 961. The molecule has 0 fully saturated rings. The zero-order valence-electron chi connectivity index (χ0n) is 20.4. The maximum Gasteiger partial charge on any atom is 0.407 e. The van der Waals surface area contributed by atoms with Crippen LogP contribution in [0.4, 0.5) is 4.79 Å². The van der Waals surface area contributed by atoms with E-state index in [2.05, 4.69) is 34.9 Å². The average Bonchev–Trinajstić information content (AvgIpc) is 3.18. The molecule has 2 aromatic rings. The quantitative estimate of drug-likeness (QED) is 0.321. The molecule has 1 aliphatic rings. The summed E-state index contributed by atoms with van der Waals surface area (Å²) < 4.78 is 5.53. The van der Waals surface area contributed by atoms with E-state index in [1.54, 1.807) is 0 Å². The molecule has 7 heteroatoms. The van der Waals surface area contributed by atoms with Gasteiger partial charge in [-0.05, 0) is 41.5 Å². The third-order valence-corrected chi connectivity index (χ3v) is 6.42. The second-order valence-electron chi connectivity index (χ2n) is 9.02. The fraction of sp³-hybridized carbons (Fsp3) is 0.464. The molecule has 35 heavy (non-hydrogen) atoms. The Morgan fingerprint density at radius 3 is 2.17 bits per heavy atom. The molecule has 0 heterocycles. The van der Waals surface area contributed by atoms with E-state index in [0.717, 1.165) is 32.1 Å². The SMILES string of the molecule is CCCCC(NC(=O)CCCCCCNC(=O)OCC1c2ccccc2-c2ccccc21)C(=O)O. The highest BCUT2D eigenvalue weighted by Crippen LogP contribution is 2.44. The van der Waals surface area contributed by atoms with E-state index >= 15 is 0 Å². The lowest BCUT2D eigenvalue weighted by atomic mass is 9.98. The Morgan fingerprint density at radius 1 is 0.914 bits per heavy atom. The lowest BCUT2D eigenvalue weighted by Crippen LogP contribution is -2.40. The van der Waals surface area contributed by atoms with Gasteiger partial charge in [0.1, 0.15) is 12.6 Å². The van der Waals surface area contributed by atoms with E-state index in [1.807, 2.05) is 31.2 Å². The third kappa shape index (κ3) is 7.57. The summed E-state index contributed by atoms with van der Waals surface area (Å²) in [4.78, 5) is 35.4. The van der Waals surface area contributed by atoms with Crippen molar-refractivity contribution in [3.63, 3.8) is 0 Å². The second kappa shape index (κ2) is 13.5. The van der Waals surface area contributed by atoms with Crippen molar-refractivity contribution in [3.8, 4) is 11.1 Å². The lowest BCUT2D eigenvalue weighted by Gasteiger charge is -2.14. The summed E-state index contributed by atoms with van der Waals surface area (Å²) in [6.45, 7) is 2.80. The number of carbonyl (C=O) groups excluding carboxylic acids is 2. The summed E-state index contributed by atoms with van der Waals surface area (Å²) in [5.74, 6) is -1.15. The number of benzene rings is 2. The molecule has 0 spiro atoms. The Morgan fingerprint density at radius 2 is 1.54 bits per heavy atom. The number of carboxylic acids is 1. The van der Waals surface area contributed by atoms with Crippen molar-refractivity contribution in [2.24, 2.45) is 0 Å². The highest BCUT2D eigenvalue weighted by Gasteiger charge is 2.28. The smallest absolute Gasteiger partial charge is 0.407 e. The number of carbonyl (C=O) groups is 3. The van der Waals surface area contributed by atoms with Gasteiger partial charge in [-0.2, -0.15) is 0 Å². The maximum atomic E-state index is 12.2. The van der Waals surface area contributed by atoms with Crippen LogP contribution in [-0.2, 0) is 14.3 Å². The molecule has 3 N–H and O–H groups in total. The predicted molar refractivity (Wildman–Crippen MR) is 135 cm³/mol. The molecule has 0 aromatic heterocycles. The molecule has 2 amide bonds. The van der Waals surface area contributed by atoms with E-state index in [-0.39, 0.29) is 11.8 Å². The van der Waals surface area contributed by atoms with Gasteiger partial charge in [0.25, 0.3) is 0 Å². The Balaban J connectivity index is 1.29. The molecular weight excluding hydrogens is 444 g/mol. The first kappa shape index (κ1) is 26.3. The largest absolute Gasteiger partial charge is 0.480 e. The van der Waals surface area contributed by atoms with Crippen LogP contribution in [0, 0.1) is 0 Å². The predicted octanol–water partition coefficient (Wildman–Crippen LogP) is 5.24. The van der Waals surface area contributed by atoms with Gasteiger partial charge < -0.3 is 20.5 Å². The summed E-state index contributed by atoms with van der Waals surface area (Å²) >= 11 is 0. The standard InChI is InChI=1S/C28H36N2O5/c1-2-3-16-25(27(32)33)30-26(31)17-6-4-5-11-18-29-28(34)35-19-24-22-14-9-7-12-20(22)21-13-8-10-15-23(21)24/h7-10,12-15,24-25H,2-6,11,16-19H2,1H3,(H,29,34)(H,30,31)(H,32,33). The summed E-state index contributed by atoms with van der Waals surface area (Å²) in [6, 6.07) is 15.7. The van der Waals surface area contributed by atoms with Crippen LogP contribution in [0.5, 0.6) is 0 Å². The van der Waals surface area contributed by atoms with Gasteiger partial charge in [-0.3, -0.25) is 4.79 Å². The van der Waals surface area contributed by atoms with E-state index < -0.39 is 18.1 Å². The normalized spacial score (nSPS) is 12.9. The van der Waals surface area contributed by atoms with E-state index in [0.29, 0.717) is 32.4 Å². The zero-order chi connectivity index (χ0) is 25.0. The van der Waals surface area contributed by atoms with Gasteiger partial charge in [0.15, 0.2) is 0 Å². The van der Waals surface area contributed by atoms with Crippen molar-refractivity contribution < 1.29 is 24.2 Å². The molecule has 2 aromatic carbocycles. The van der Waals surface area contributed by atoms with Crippen LogP contribution in [0.1, 0.15) is 75.3 Å². The number of carboxylic acid groups (broad SMARTS) is 1. The minimum absolute atomic E-state index is 0.0435. The number of hydrogen-bond donors (Lipinski definition) is 3. The van der Waals surface area contributed by atoms with Gasteiger partial charge >= 0.3 is 12.1 Å². The number of alkyl carbamates (subject to hydrolysis) is 1. The molecule has 188 valence electrons. The molecule has 1 aliphatic carbocycles. The summed E-state index contributed by atoms with van der Waals surface area (Å²) in [7, 11) is 0. The number of amides is 2. The van der Waals surface area contributed by atoms with Crippen molar-refractivity contribution in [2.45, 2.75) is 70.3 Å². The van der Waals surface area contributed by atoms with Crippen LogP contribution in [0.15, 0.2) is 48.5 Å². The highest BCUT2D eigenvalue weighted by molar-refractivity contribution is 5.83. The molecule has 3 rings (SSSR count). The monoisotopic (exact) mass is 480 g/mol. The van der Waals surface area contributed by atoms with E-state index in [4.69, 9.17) is 4.74 Å². The van der Waals surface area contributed by atoms with Gasteiger partial charge in [0.05, 0.1) is 0 Å². The number of rotatable bonds is 14. The first-order chi connectivity index (χ1) is 17.0. The maximum absolute atomic E-state index is 12.2. The van der Waals surface area contributed by atoms with Crippen molar-refractivity contribution in [1.82, 2.24) is 10.6 Å². The number of nitrogens with one attached hydrogen (secondary N) is 2. The molecule has 0 saturated heterocycles. The minimum atomic E-state index is -0.980. The first-order valence-corrected chi connectivity index (χ1v) is 12.6. The van der Waals surface area contributed by atoms with Gasteiger partial charge in [-0.25, -0.2) is 9.59 Å². The molecule has 0 bridgehead atoms. The van der Waals surface area contributed by atoms with Crippen molar-refractivity contribution in [2.75, 3.05) is 13.2 Å². The fourth-order valence-electron chi connectivity index (χ4n) is 4.54. The van der Waals surface area contributed by atoms with Gasteiger partial charge in [-0.1, -0.05) is 81.1 Å². The molecule has 0 radical (unpaired) electrons. The van der Waals surface area contributed by atoms with E-state index in [1.165, 1.54) is 22.3 Å². The summed E-state index contributed by atoms with van der Waals surface area (Å²) in [5.41, 5.74) is 4.77. The molecule has 7 nitrogen and oxygen atoms in total. The second-order valence-corrected chi connectivity index (χ2v) is 9.02. The Labute approximate surface area is 207 Å². The van der Waals surface area contributed by atoms with Crippen molar-refractivity contribution in [3.05, 3.63) is 59.7 Å². The number of aliphatic carboxylic acids is 1. The van der Waals surface area contributed by atoms with Gasteiger partial charge in [0, 0.05) is 18.9 Å². The Kier molecular flexibility index (Phi) is 10.1.